The Hall–Kier alpha value is -4.28. The van der Waals surface area contributed by atoms with Crippen LogP contribution in [0.25, 0.3) is 16.6 Å². The minimum absolute atomic E-state index is 0.236. The SMILES string of the molecule is Cc1cnc(N[C@H]2CC[C@H](Nc3ccc(-n4ccc5c(ccn5C(=O)OC(C)(C)C)c4=O)cn3)C2)nn1. The maximum absolute atomic E-state index is 13.2. The van der Waals surface area contributed by atoms with Gasteiger partial charge in [0.25, 0.3) is 5.56 Å². The molecule has 1 aliphatic rings. The van der Waals surface area contributed by atoms with Gasteiger partial charge in [-0.15, -0.1) is 5.10 Å². The highest BCUT2D eigenvalue weighted by Gasteiger charge is 2.25. The number of fused-ring (bicyclic) bond motifs is 1. The van der Waals surface area contributed by atoms with Crippen LogP contribution in [0.5, 0.6) is 0 Å². The molecule has 0 unspecified atom stereocenters. The lowest BCUT2D eigenvalue weighted by Crippen LogP contribution is -2.27. The van der Waals surface area contributed by atoms with Gasteiger partial charge in [-0.25, -0.2) is 14.8 Å². The molecule has 0 radical (unpaired) electrons. The third-order valence-corrected chi connectivity index (χ3v) is 6.17. The van der Waals surface area contributed by atoms with Crippen LogP contribution in [0.4, 0.5) is 16.6 Å². The van der Waals surface area contributed by atoms with Gasteiger partial charge in [-0.05, 0) is 71.2 Å². The molecule has 1 aliphatic carbocycles. The maximum atomic E-state index is 13.2. The van der Waals surface area contributed by atoms with Crippen LogP contribution < -0.4 is 16.2 Å². The summed E-state index contributed by atoms with van der Waals surface area (Å²) in [6.07, 6.45) is 8.93. The molecule has 192 valence electrons. The van der Waals surface area contributed by atoms with Gasteiger partial charge in [0, 0.05) is 24.5 Å². The quantitative estimate of drug-likeness (QED) is 0.417. The fourth-order valence-electron chi connectivity index (χ4n) is 4.46. The van der Waals surface area contributed by atoms with Gasteiger partial charge in [-0.2, -0.15) is 5.10 Å². The number of ether oxygens (including phenoxy) is 1. The molecule has 1 saturated carbocycles. The lowest BCUT2D eigenvalue weighted by molar-refractivity contribution is 0.0544. The molecule has 4 aromatic rings. The highest BCUT2D eigenvalue weighted by atomic mass is 16.6. The summed E-state index contributed by atoms with van der Waals surface area (Å²) < 4.78 is 8.31. The average molecular weight is 503 g/mol. The zero-order valence-electron chi connectivity index (χ0n) is 21.3. The van der Waals surface area contributed by atoms with Gasteiger partial charge in [0.05, 0.1) is 34.7 Å². The molecule has 11 nitrogen and oxygen atoms in total. The van der Waals surface area contributed by atoms with Crippen molar-refractivity contribution in [3.05, 3.63) is 65.1 Å². The average Bonchev–Trinajstić information content (AvgIpc) is 3.48. The fourth-order valence-corrected chi connectivity index (χ4v) is 4.46. The lowest BCUT2D eigenvalue weighted by Gasteiger charge is -2.19. The second-order valence-corrected chi connectivity index (χ2v) is 10.3. The summed E-state index contributed by atoms with van der Waals surface area (Å²) >= 11 is 0. The maximum Gasteiger partial charge on any atom is 0.418 e. The van der Waals surface area contributed by atoms with Crippen molar-refractivity contribution in [3.63, 3.8) is 0 Å². The molecule has 0 bridgehead atoms. The second kappa shape index (κ2) is 9.64. The third-order valence-electron chi connectivity index (χ3n) is 6.17. The summed E-state index contributed by atoms with van der Waals surface area (Å²) in [7, 11) is 0. The van der Waals surface area contributed by atoms with E-state index in [1.165, 1.54) is 9.13 Å². The Labute approximate surface area is 213 Å². The number of anilines is 2. The molecule has 4 heterocycles. The lowest BCUT2D eigenvalue weighted by atomic mass is 10.2. The van der Waals surface area contributed by atoms with Crippen molar-refractivity contribution in [1.82, 2.24) is 29.3 Å². The van der Waals surface area contributed by atoms with Gasteiger partial charge < -0.3 is 15.4 Å². The van der Waals surface area contributed by atoms with E-state index in [0.717, 1.165) is 30.8 Å². The van der Waals surface area contributed by atoms with Crippen molar-refractivity contribution in [2.24, 2.45) is 0 Å². The van der Waals surface area contributed by atoms with E-state index in [2.05, 4.69) is 30.8 Å². The summed E-state index contributed by atoms with van der Waals surface area (Å²) in [6, 6.07) is 7.60. The molecule has 1 fully saturated rings. The van der Waals surface area contributed by atoms with Crippen molar-refractivity contribution in [2.75, 3.05) is 10.6 Å². The van der Waals surface area contributed by atoms with Crippen LogP contribution in [0.1, 0.15) is 45.7 Å². The normalized spacial score (nSPS) is 17.6. The van der Waals surface area contributed by atoms with Crippen LogP contribution in [-0.2, 0) is 4.74 Å². The molecule has 0 aromatic carbocycles. The number of nitrogens with one attached hydrogen (secondary N) is 2. The first-order valence-electron chi connectivity index (χ1n) is 12.3. The van der Waals surface area contributed by atoms with Crippen molar-refractivity contribution in [2.45, 2.75) is 64.6 Å². The monoisotopic (exact) mass is 502 g/mol. The molecule has 0 aliphatic heterocycles. The van der Waals surface area contributed by atoms with E-state index < -0.39 is 11.7 Å². The van der Waals surface area contributed by atoms with Crippen molar-refractivity contribution in [3.8, 4) is 5.69 Å². The second-order valence-electron chi connectivity index (χ2n) is 10.3. The fraction of sp³-hybridized carbons (Fsp3) is 0.385. The van der Waals surface area contributed by atoms with Gasteiger partial charge in [0.15, 0.2) is 0 Å². The molecule has 0 saturated heterocycles. The zero-order valence-corrected chi connectivity index (χ0v) is 21.3. The number of aryl methyl sites for hydroxylation is 1. The van der Waals surface area contributed by atoms with Crippen LogP contribution in [0.2, 0.25) is 0 Å². The van der Waals surface area contributed by atoms with E-state index in [4.69, 9.17) is 4.74 Å². The first-order valence-corrected chi connectivity index (χ1v) is 12.3. The minimum Gasteiger partial charge on any atom is -0.443 e. The standard InChI is InChI=1S/C26H30N8O3/c1-16-14-28-24(32-31-16)30-18-6-5-17(13-18)29-22-8-7-19(15-27-22)33-12-10-21-20(23(33)35)9-11-34(21)25(36)37-26(2,3)4/h7-12,14-15,17-18H,5-6,13H2,1-4H3,(H,27,29)(H,28,30,32)/t17-,18-/m0/s1. The summed E-state index contributed by atoms with van der Waals surface area (Å²) in [5.41, 5.74) is 1.05. The van der Waals surface area contributed by atoms with Crippen molar-refractivity contribution >= 4 is 28.8 Å². The Kier molecular flexibility index (Phi) is 6.36. The van der Waals surface area contributed by atoms with Gasteiger partial charge >= 0.3 is 6.09 Å². The summed E-state index contributed by atoms with van der Waals surface area (Å²) in [4.78, 5) is 34.5. The molecule has 37 heavy (non-hydrogen) atoms. The zero-order chi connectivity index (χ0) is 26.2. The first kappa shape index (κ1) is 24.4. The molecule has 2 atom stereocenters. The molecule has 4 aromatic heterocycles. The molecular formula is C26H30N8O3. The Morgan fingerprint density at radius 1 is 1.00 bits per heavy atom. The van der Waals surface area contributed by atoms with E-state index in [1.54, 1.807) is 57.7 Å². The van der Waals surface area contributed by atoms with Crippen LogP contribution in [0.15, 0.2) is 53.8 Å². The van der Waals surface area contributed by atoms with Crippen molar-refractivity contribution in [1.29, 1.82) is 0 Å². The number of hydrogen-bond donors (Lipinski definition) is 2. The molecular weight excluding hydrogens is 472 g/mol. The molecule has 2 N–H and O–H groups in total. The highest BCUT2D eigenvalue weighted by Crippen LogP contribution is 2.25. The molecule has 11 heteroatoms. The predicted molar refractivity (Wildman–Crippen MR) is 140 cm³/mol. The summed E-state index contributed by atoms with van der Waals surface area (Å²) in [5.74, 6) is 1.29. The largest absolute Gasteiger partial charge is 0.443 e. The van der Waals surface area contributed by atoms with Crippen LogP contribution in [-0.4, -0.2) is 53.1 Å². The number of nitrogens with zero attached hydrogens (tertiary/aromatic N) is 6. The predicted octanol–water partition coefficient (Wildman–Crippen LogP) is 3.91. The minimum atomic E-state index is -0.632. The molecule has 0 amide bonds. The number of carbonyl (C=O) groups excluding carboxylic acids is 1. The van der Waals surface area contributed by atoms with Crippen LogP contribution in [0.3, 0.4) is 0 Å². The van der Waals surface area contributed by atoms with Gasteiger partial charge in [-0.3, -0.25) is 13.9 Å². The Balaban J connectivity index is 1.25. The number of pyridine rings is 2. The topological polar surface area (TPSA) is 129 Å². The van der Waals surface area contributed by atoms with Gasteiger partial charge in [0.1, 0.15) is 11.4 Å². The summed E-state index contributed by atoms with van der Waals surface area (Å²) in [5, 5.41) is 15.4. The number of hydrogen-bond acceptors (Lipinski definition) is 9. The smallest absolute Gasteiger partial charge is 0.418 e. The number of rotatable bonds is 5. The van der Waals surface area contributed by atoms with Gasteiger partial charge in [0.2, 0.25) is 5.95 Å². The highest BCUT2D eigenvalue weighted by molar-refractivity contribution is 5.89. The Morgan fingerprint density at radius 2 is 1.78 bits per heavy atom. The summed E-state index contributed by atoms with van der Waals surface area (Å²) in [6.45, 7) is 7.26. The Morgan fingerprint density at radius 3 is 2.46 bits per heavy atom. The van der Waals surface area contributed by atoms with Crippen LogP contribution in [0, 0.1) is 6.92 Å². The van der Waals surface area contributed by atoms with Gasteiger partial charge in [-0.1, -0.05) is 0 Å². The number of aromatic nitrogens is 6. The van der Waals surface area contributed by atoms with E-state index in [1.807, 2.05) is 19.1 Å². The van der Waals surface area contributed by atoms with E-state index in [0.29, 0.717) is 22.5 Å². The molecule has 0 spiro atoms. The molecule has 5 rings (SSSR count). The van der Waals surface area contributed by atoms with E-state index >= 15 is 0 Å². The third kappa shape index (κ3) is 5.45. The van der Waals surface area contributed by atoms with E-state index in [9.17, 15) is 9.59 Å². The van der Waals surface area contributed by atoms with E-state index in [-0.39, 0.29) is 17.6 Å². The first-order chi connectivity index (χ1) is 17.7. The van der Waals surface area contributed by atoms with Crippen molar-refractivity contribution < 1.29 is 9.53 Å². The Bertz CT molecular complexity index is 1470. The number of carbonyl (C=O) groups is 1. The van der Waals surface area contributed by atoms with Crippen LogP contribution >= 0.6 is 0 Å².